The number of nitrogens with zero attached hydrogens (tertiary/aromatic N) is 3. The molecule has 0 atom stereocenters. The normalized spacial score (nSPS) is 10.7. The molecule has 0 spiro atoms. The number of aromatic nitrogens is 4. The number of amides is 1. The Labute approximate surface area is 200 Å². The van der Waals surface area contributed by atoms with Crippen LogP contribution in [-0.4, -0.2) is 46.2 Å². The molecular formula is C24H22FN5O3S. The van der Waals surface area contributed by atoms with Crippen LogP contribution >= 0.6 is 12.2 Å². The molecule has 0 unspecified atom stereocenters. The average molecular weight is 480 g/mol. The molecule has 0 aliphatic carbocycles. The molecule has 0 bridgehead atoms. The molecule has 2 N–H and O–H groups in total. The maximum absolute atomic E-state index is 13.4. The summed E-state index contributed by atoms with van der Waals surface area (Å²) >= 11 is 5.19. The van der Waals surface area contributed by atoms with E-state index >= 15 is 0 Å². The van der Waals surface area contributed by atoms with Crippen molar-refractivity contribution in [2.75, 3.05) is 20.8 Å². The van der Waals surface area contributed by atoms with Gasteiger partial charge in [0, 0.05) is 30.4 Å². The van der Waals surface area contributed by atoms with E-state index in [2.05, 4.69) is 20.3 Å². The van der Waals surface area contributed by atoms with Crippen LogP contribution in [0.3, 0.4) is 0 Å². The summed E-state index contributed by atoms with van der Waals surface area (Å²) in [6.07, 6.45) is 3.28. The van der Waals surface area contributed by atoms with Crippen molar-refractivity contribution in [3.05, 3.63) is 77.2 Å². The van der Waals surface area contributed by atoms with E-state index in [0.717, 1.165) is 11.3 Å². The van der Waals surface area contributed by atoms with E-state index in [-0.39, 0.29) is 11.7 Å². The SMILES string of the molecule is COc1ccc(C(=O)NCCn2cnc(-c3ccc(F)cc3)c2-c2ccnc(=S)[nH]2)cc1OC. The third kappa shape index (κ3) is 4.96. The van der Waals surface area contributed by atoms with E-state index in [4.69, 9.17) is 21.7 Å². The number of aromatic amines is 1. The highest BCUT2D eigenvalue weighted by molar-refractivity contribution is 7.71. The molecule has 34 heavy (non-hydrogen) atoms. The van der Waals surface area contributed by atoms with Gasteiger partial charge in [0.1, 0.15) is 5.82 Å². The van der Waals surface area contributed by atoms with Gasteiger partial charge in [-0.2, -0.15) is 0 Å². The predicted molar refractivity (Wildman–Crippen MR) is 128 cm³/mol. The van der Waals surface area contributed by atoms with Crippen LogP contribution in [-0.2, 0) is 6.54 Å². The largest absolute Gasteiger partial charge is 0.493 e. The molecule has 10 heteroatoms. The molecule has 1 amide bonds. The van der Waals surface area contributed by atoms with Gasteiger partial charge in [-0.25, -0.2) is 14.4 Å². The van der Waals surface area contributed by atoms with Crippen LogP contribution in [0.4, 0.5) is 4.39 Å². The molecule has 0 fully saturated rings. The van der Waals surface area contributed by atoms with Crippen LogP contribution < -0.4 is 14.8 Å². The molecule has 4 aromatic rings. The number of methoxy groups -OCH3 is 2. The topological polar surface area (TPSA) is 94.1 Å². The summed E-state index contributed by atoms with van der Waals surface area (Å²) in [5.74, 6) is 0.449. The highest BCUT2D eigenvalue weighted by Gasteiger charge is 2.17. The van der Waals surface area contributed by atoms with Crippen LogP contribution in [0.25, 0.3) is 22.6 Å². The first-order valence-corrected chi connectivity index (χ1v) is 10.8. The van der Waals surface area contributed by atoms with Gasteiger partial charge in [0.05, 0.1) is 37.6 Å². The zero-order valence-electron chi connectivity index (χ0n) is 18.5. The number of carbonyl (C=O) groups excluding carboxylic acids is 1. The highest BCUT2D eigenvalue weighted by atomic mass is 32.1. The van der Waals surface area contributed by atoms with Gasteiger partial charge in [-0.3, -0.25) is 4.79 Å². The lowest BCUT2D eigenvalue weighted by atomic mass is 10.1. The summed E-state index contributed by atoms with van der Waals surface area (Å²) in [6.45, 7) is 0.774. The van der Waals surface area contributed by atoms with Gasteiger partial charge < -0.3 is 24.3 Å². The fourth-order valence-electron chi connectivity index (χ4n) is 3.53. The van der Waals surface area contributed by atoms with Crippen molar-refractivity contribution in [1.82, 2.24) is 24.8 Å². The van der Waals surface area contributed by atoms with E-state index in [1.165, 1.54) is 26.4 Å². The summed E-state index contributed by atoms with van der Waals surface area (Å²) in [4.78, 5) is 24.3. The monoisotopic (exact) mass is 479 g/mol. The van der Waals surface area contributed by atoms with Gasteiger partial charge in [-0.15, -0.1) is 0 Å². The Morgan fingerprint density at radius 2 is 1.85 bits per heavy atom. The van der Waals surface area contributed by atoms with Gasteiger partial charge in [0.2, 0.25) is 0 Å². The number of hydrogen-bond acceptors (Lipinski definition) is 6. The number of rotatable bonds is 8. The third-order valence-corrected chi connectivity index (χ3v) is 5.38. The molecule has 174 valence electrons. The fraction of sp³-hybridized carbons (Fsp3) is 0.167. The number of carbonyl (C=O) groups is 1. The fourth-order valence-corrected chi connectivity index (χ4v) is 3.70. The lowest BCUT2D eigenvalue weighted by molar-refractivity contribution is 0.0952. The molecule has 0 aliphatic heterocycles. The molecule has 8 nitrogen and oxygen atoms in total. The minimum Gasteiger partial charge on any atom is -0.493 e. The molecule has 2 aromatic carbocycles. The third-order valence-electron chi connectivity index (χ3n) is 5.17. The van der Waals surface area contributed by atoms with Crippen molar-refractivity contribution in [3.8, 4) is 34.1 Å². The van der Waals surface area contributed by atoms with Crippen molar-refractivity contribution in [3.63, 3.8) is 0 Å². The first-order valence-electron chi connectivity index (χ1n) is 10.4. The maximum atomic E-state index is 13.4. The van der Waals surface area contributed by atoms with Crippen molar-refractivity contribution in [1.29, 1.82) is 0 Å². The average Bonchev–Trinajstić information content (AvgIpc) is 3.27. The smallest absolute Gasteiger partial charge is 0.251 e. The van der Waals surface area contributed by atoms with Gasteiger partial charge in [-0.1, -0.05) is 0 Å². The second-order valence-electron chi connectivity index (χ2n) is 7.26. The number of benzene rings is 2. The van der Waals surface area contributed by atoms with Gasteiger partial charge in [0.25, 0.3) is 5.91 Å². The van der Waals surface area contributed by atoms with E-state index in [1.807, 2.05) is 4.57 Å². The zero-order valence-corrected chi connectivity index (χ0v) is 19.4. The Kier molecular flexibility index (Phi) is 6.98. The van der Waals surface area contributed by atoms with E-state index in [1.54, 1.807) is 48.9 Å². The van der Waals surface area contributed by atoms with Crippen LogP contribution in [0.5, 0.6) is 11.5 Å². The number of hydrogen-bond donors (Lipinski definition) is 2. The number of halogens is 1. The quantitative estimate of drug-likeness (QED) is 0.367. The highest BCUT2D eigenvalue weighted by Crippen LogP contribution is 2.30. The van der Waals surface area contributed by atoms with Crippen molar-refractivity contribution < 1.29 is 18.7 Å². The van der Waals surface area contributed by atoms with Crippen LogP contribution in [0.2, 0.25) is 0 Å². The summed E-state index contributed by atoms with van der Waals surface area (Å²) in [5, 5.41) is 2.91. The number of H-pyrrole nitrogens is 1. The Morgan fingerprint density at radius 1 is 1.09 bits per heavy atom. The van der Waals surface area contributed by atoms with Crippen molar-refractivity contribution in [2.45, 2.75) is 6.54 Å². The minimum atomic E-state index is -0.328. The van der Waals surface area contributed by atoms with Crippen LogP contribution in [0.15, 0.2) is 61.1 Å². The number of ether oxygens (including phenoxy) is 2. The van der Waals surface area contributed by atoms with Gasteiger partial charge in [0.15, 0.2) is 16.3 Å². The summed E-state index contributed by atoms with van der Waals surface area (Å²) in [7, 11) is 3.05. The van der Waals surface area contributed by atoms with Gasteiger partial charge >= 0.3 is 0 Å². The Hall–Kier alpha value is -4.05. The van der Waals surface area contributed by atoms with Gasteiger partial charge in [-0.05, 0) is 60.7 Å². The molecule has 2 aromatic heterocycles. The minimum absolute atomic E-state index is 0.246. The standard InChI is InChI=1S/C24H22FN5O3S/c1-32-19-8-5-16(13-20(19)33-2)23(31)26-11-12-30-14-28-21(15-3-6-17(25)7-4-15)22(30)18-9-10-27-24(34)29-18/h3-10,13-14H,11-12H2,1-2H3,(H,26,31)(H,27,29,34). The first-order chi connectivity index (χ1) is 16.5. The van der Waals surface area contributed by atoms with Crippen molar-refractivity contribution in [2.24, 2.45) is 0 Å². The maximum Gasteiger partial charge on any atom is 0.251 e. The Bertz CT molecular complexity index is 1370. The first kappa shape index (κ1) is 23.1. The molecule has 0 saturated carbocycles. The summed E-state index contributed by atoms with van der Waals surface area (Å²) in [6, 6.07) is 12.9. The predicted octanol–water partition coefficient (Wildman–Crippen LogP) is 4.26. The summed E-state index contributed by atoms with van der Waals surface area (Å²) < 4.78 is 26.2. The van der Waals surface area contributed by atoms with Crippen LogP contribution in [0, 0.1) is 10.6 Å². The second-order valence-corrected chi connectivity index (χ2v) is 7.64. The number of nitrogens with one attached hydrogen (secondary N) is 2. The summed E-state index contributed by atoms with van der Waals surface area (Å²) in [5.41, 5.74) is 3.32. The molecular weight excluding hydrogens is 457 g/mol. The lowest BCUT2D eigenvalue weighted by Gasteiger charge is -2.12. The van der Waals surface area contributed by atoms with Crippen LogP contribution in [0.1, 0.15) is 10.4 Å². The molecule has 0 radical (unpaired) electrons. The Balaban J connectivity index is 1.57. The van der Waals surface area contributed by atoms with E-state index < -0.39 is 0 Å². The van der Waals surface area contributed by atoms with E-state index in [0.29, 0.717) is 46.3 Å². The second kappa shape index (κ2) is 10.3. The Morgan fingerprint density at radius 3 is 2.56 bits per heavy atom. The lowest BCUT2D eigenvalue weighted by Crippen LogP contribution is -2.27. The van der Waals surface area contributed by atoms with E-state index in [9.17, 15) is 9.18 Å². The molecule has 0 saturated heterocycles. The molecule has 0 aliphatic rings. The molecule has 4 rings (SSSR count). The van der Waals surface area contributed by atoms with Crippen molar-refractivity contribution >= 4 is 18.1 Å². The zero-order chi connectivity index (χ0) is 24.1. The number of imidazole rings is 1. The molecule has 2 heterocycles.